The number of nitrogens with zero attached hydrogens (tertiary/aromatic N) is 1. The van der Waals surface area contributed by atoms with Crippen LogP contribution >= 0.6 is 0 Å². The predicted molar refractivity (Wildman–Crippen MR) is 86.9 cm³/mol. The molecule has 2 aromatic rings. The van der Waals surface area contributed by atoms with E-state index in [4.69, 9.17) is 9.31 Å². The number of hydrogen-bond donors (Lipinski definition) is 0. The SMILES string of the molecule is Cc1ccc2cc(B3OC(C)(C)C(C)(C)O3)cc(C)c2n1. The summed E-state index contributed by atoms with van der Waals surface area (Å²) < 4.78 is 12.3. The van der Waals surface area contributed by atoms with Crippen LogP contribution in [0.25, 0.3) is 10.9 Å². The van der Waals surface area contributed by atoms with Crippen molar-refractivity contribution >= 4 is 23.5 Å². The summed E-state index contributed by atoms with van der Waals surface area (Å²) in [5.41, 5.74) is 3.67. The molecule has 21 heavy (non-hydrogen) atoms. The van der Waals surface area contributed by atoms with Crippen LogP contribution in [0.15, 0.2) is 24.3 Å². The minimum atomic E-state index is -0.320. The van der Waals surface area contributed by atoms with Crippen molar-refractivity contribution in [3.63, 3.8) is 0 Å². The molecule has 0 radical (unpaired) electrons. The quantitative estimate of drug-likeness (QED) is 0.753. The summed E-state index contributed by atoms with van der Waals surface area (Å²) in [5.74, 6) is 0. The van der Waals surface area contributed by atoms with Crippen molar-refractivity contribution in [1.82, 2.24) is 4.98 Å². The largest absolute Gasteiger partial charge is 0.494 e. The summed E-state index contributed by atoms with van der Waals surface area (Å²) in [7, 11) is -0.320. The van der Waals surface area contributed by atoms with Gasteiger partial charge in [0.1, 0.15) is 0 Å². The minimum absolute atomic E-state index is 0.313. The van der Waals surface area contributed by atoms with Crippen LogP contribution in [0.1, 0.15) is 39.0 Å². The van der Waals surface area contributed by atoms with Gasteiger partial charge in [0.2, 0.25) is 0 Å². The van der Waals surface area contributed by atoms with Crippen molar-refractivity contribution in [3.8, 4) is 0 Å². The monoisotopic (exact) mass is 283 g/mol. The Morgan fingerprint density at radius 1 is 0.952 bits per heavy atom. The Morgan fingerprint density at radius 3 is 2.19 bits per heavy atom. The van der Waals surface area contributed by atoms with Gasteiger partial charge in [-0.05, 0) is 58.6 Å². The summed E-state index contributed by atoms with van der Waals surface area (Å²) in [5, 5.41) is 1.13. The van der Waals surface area contributed by atoms with Crippen LogP contribution in [0.4, 0.5) is 0 Å². The summed E-state index contributed by atoms with van der Waals surface area (Å²) in [6.45, 7) is 12.4. The molecule has 0 spiro atoms. The van der Waals surface area contributed by atoms with E-state index in [1.54, 1.807) is 0 Å². The first kappa shape index (κ1) is 14.5. The second-order valence-electron chi connectivity index (χ2n) is 6.95. The highest BCUT2D eigenvalue weighted by atomic mass is 16.7. The Kier molecular flexibility index (Phi) is 3.15. The second-order valence-corrected chi connectivity index (χ2v) is 6.95. The summed E-state index contributed by atoms with van der Waals surface area (Å²) in [6.07, 6.45) is 0. The molecule has 0 bridgehead atoms. The van der Waals surface area contributed by atoms with Crippen molar-refractivity contribution in [3.05, 3.63) is 35.5 Å². The maximum atomic E-state index is 6.14. The van der Waals surface area contributed by atoms with Gasteiger partial charge in [-0.3, -0.25) is 4.98 Å². The lowest BCUT2D eigenvalue weighted by Crippen LogP contribution is -2.41. The van der Waals surface area contributed by atoms with Gasteiger partial charge in [0, 0.05) is 11.1 Å². The van der Waals surface area contributed by atoms with Crippen LogP contribution < -0.4 is 5.46 Å². The lowest BCUT2D eigenvalue weighted by Gasteiger charge is -2.32. The Hall–Kier alpha value is -1.39. The van der Waals surface area contributed by atoms with E-state index in [1.807, 2.05) is 13.0 Å². The van der Waals surface area contributed by atoms with Crippen LogP contribution in [0, 0.1) is 13.8 Å². The molecule has 2 heterocycles. The zero-order chi connectivity index (χ0) is 15.4. The van der Waals surface area contributed by atoms with Crippen LogP contribution in [0.2, 0.25) is 0 Å². The molecule has 4 heteroatoms. The minimum Gasteiger partial charge on any atom is -0.399 e. The lowest BCUT2D eigenvalue weighted by molar-refractivity contribution is 0.00578. The summed E-state index contributed by atoms with van der Waals surface area (Å²) in [4.78, 5) is 4.62. The molecule has 0 atom stereocenters. The molecule has 110 valence electrons. The second kappa shape index (κ2) is 4.55. The van der Waals surface area contributed by atoms with Gasteiger partial charge in [-0.1, -0.05) is 18.2 Å². The number of rotatable bonds is 1. The highest BCUT2D eigenvalue weighted by Gasteiger charge is 2.51. The van der Waals surface area contributed by atoms with Crippen LogP contribution in [0.3, 0.4) is 0 Å². The molecule has 1 aromatic heterocycles. The third kappa shape index (κ3) is 2.36. The molecule has 3 rings (SSSR count). The van der Waals surface area contributed by atoms with Crippen LogP contribution in [-0.2, 0) is 9.31 Å². The maximum Gasteiger partial charge on any atom is 0.494 e. The highest BCUT2D eigenvalue weighted by molar-refractivity contribution is 6.62. The first-order valence-electron chi connectivity index (χ1n) is 7.43. The van der Waals surface area contributed by atoms with Gasteiger partial charge in [0.15, 0.2) is 0 Å². The molecule has 1 aliphatic heterocycles. The van der Waals surface area contributed by atoms with E-state index in [0.29, 0.717) is 0 Å². The smallest absolute Gasteiger partial charge is 0.399 e. The van der Waals surface area contributed by atoms with Gasteiger partial charge in [-0.15, -0.1) is 0 Å². The number of fused-ring (bicyclic) bond motifs is 1. The molecule has 1 fully saturated rings. The van der Waals surface area contributed by atoms with Gasteiger partial charge >= 0.3 is 7.12 Å². The van der Waals surface area contributed by atoms with Gasteiger partial charge in [-0.2, -0.15) is 0 Å². The molecule has 3 nitrogen and oxygen atoms in total. The molecule has 0 amide bonds. The normalized spacial score (nSPS) is 20.2. The Morgan fingerprint density at radius 2 is 1.57 bits per heavy atom. The molecule has 1 aromatic carbocycles. The van der Waals surface area contributed by atoms with E-state index in [0.717, 1.165) is 27.6 Å². The number of hydrogen-bond acceptors (Lipinski definition) is 3. The maximum absolute atomic E-state index is 6.14. The van der Waals surface area contributed by atoms with Gasteiger partial charge < -0.3 is 9.31 Å². The Balaban J connectivity index is 2.05. The third-order valence-electron chi connectivity index (χ3n) is 4.67. The number of pyridine rings is 1. The van der Waals surface area contributed by atoms with Gasteiger partial charge in [0.25, 0.3) is 0 Å². The van der Waals surface area contributed by atoms with E-state index in [9.17, 15) is 0 Å². The molecule has 1 saturated heterocycles. The van der Waals surface area contributed by atoms with Crippen molar-refractivity contribution in [1.29, 1.82) is 0 Å². The first-order valence-corrected chi connectivity index (χ1v) is 7.43. The van der Waals surface area contributed by atoms with Crippen molar-refractivity contribution in [2.24, 2.45) is 0 Å². The number of aromatic nitrogens is 1. The van der Waals surface area contributed by atoms with E-state index in [-0.39, 0.29) is 18.3 Å². The Bertz CT molecular complexity index is 693. The Labute approximate surface area is 126 Å². The summed E-state index contributed by atoms with van der Waals surface area (Å²) in [6, 6.07) is 8.39. The lowest BCUT2D eigenvalue weighted by atomic mass is 9.77. The van der Waals surface area contributed by atoms with E-state index in [2.05, 4.69) is 57.8 Å². The molecular formula is C17H22BNO2. The molecule has 0 N–H and O–H groups in total. The number of aryl methyl sites for hydroxylation is 2. The van der Waals surface area contributed by atoms with E-state index < -0.39 is 0 Å². The molecule has 1 aliphatic rings. The third-order valence-corrected chi connectivity index (χ3v) is 4.67. The fourth-order valence-electron chi connectivity index (χ4n) is 2.65. The van der Waals surface area contributed by atoms with Gasteiger partial charge in [-0.25, -0.2) is 0 Å². The van der Waals surface area contributed by atoms with Crippen molar-refractivity contribution < 1.29 is 9.31 Å². The molecule has 0 unspecified atom stereocenters. The fourth-order valence-corrected chi connectivity index (χ4v) is 2.65. The van der Waals surface area contributed by atoms with Crippen molar-refractivity contribution in [2.45, 2.75) is 52.7 Å². The average molecular weight is 283 g/mol. The molecule has 0 saturated carbocycles. The predicted octanol–water partition coefficient (Wildman–Crippen LogP) is 3.15. The zero-order valence-corrected chi connectivity index (χ0v) is 13.7. The number of benzene rings is 1. The van der Waals surface area contributed by atoms with E-state index >= 15 is 0 Å². The molecular weight excluding hydrogens is 261 g/mol. The van der Waals surface area contributed by atoms with E-state index in [1.165, 1.54) is 0 Å². The van der Waals surface area contributed by atoms with Gasteiger partial charge in [0.05, 0.1) is 16.7 Å². The fraction of sp³-hybridized carbons (Fsp3) is 0.471. The first-order chi connectivity index (χ1) is 9.69. The average Bonchev–Trinajstić information content (AvgIpc) is 2.59. The summed E-state index contributed by atoms with van der Waals surface area (Å²) >= 11 is 0. The topological polar surface area (TPSA) is 31.4 Å². The van der Waals surface area contributed by atoms with Crippen LogP contribution in [-0.4, -0.2) is 23.3 Å². The molecule has 0 aliphatic carbocycles. The van der Waals surface area contributed by atoms with Crippen molar-refractivity contribution in [2.75, 3.05) is 0 Å². The zero-order valence-electron chi connectivity index (χ0n) is 13.7. The van der Waals surface area contributed by atoms with Crippen LogP contribution in [0.5, 0.6) is 0 Å². The standard InChI is InChI=1S/C17H22BNO2/c1-11-9-14(10-13-8-7-12(2)19-15(11)13)18-20-16(3,4)17(5,6)21-18/h7-10H,1-6H3. The highest BCUT2D eigenvalue weighted by Crippen LogP contribution is 2.36.